The van der Waals surface area contributed by atoms with E-state index >= 15 is 0 Å². The first-order valence-electron chi connectivity index (χ1n) is 11.1. The highest BCUT2D eigenvalue weighted by Gasteiger charge is 2.36. The Bertz CT molecular complexity index is 1340. The molecule has 34 heavy (non-hydrogen) atoms. The molecule has 4 aromatic rings. The first kappa shape index (κ1) is 22.8. The zero-order valence-electron chi connectivity index (χ0n) is 19.1. The molecule has 0 fully saturated rings. The number of hydrogen-bond acceptors (Lipinski definition) is 5. The molecule has 170 valence electrons. The number of nitriles is 1. The van der Waals surface area contributed by atoms with Gasteiger partial charge in [0.1, 0.15) is 11.6 Å². The van der Waals surface area contributed by atoms with Gasteiger partial charge < -0.3 is 15.6 Å². The van der Waals surface area contributed by atoms with Gasteiger partial charge in [0.2, 0.25) is 11.8 Å². The van der Waals surface area contributed by atoms with Gasteiger partial charge in [0.05, 0.1) is 22.9 Å². The number of nitrogens with zero attached hydrogens (tertiary/aromatic N) is 3. The summed E-state index contributed by atoms with van der Waals surface area (Å²) in [6.07, 6.45) is 0. The van der Waals surface area contributed by atoms with Gasteiger partial charge in [0.15, 0.2) is 0 Å². The summed E-state index contributed by atoms with van der Waals surface area (Å²) in [5.41, 5.74) is 12.4. The number of rotatable bonds is 3. The van der Waals surface area contributed by atoms with Crippen LogP contribution in [-0.2, 0) is 0 Å². The van der Waals surface area contributed by atoms with Crippen molar-refractivity contribution in [2.24, 2.45) is 5.73 Å². The summed E-state index contributed by atoms with van der Waals surface area (Å²) in [7, 11) is 0. The topological polar surface area (TPSA) is 97.1 Å². The van der Waals surface area contributed by atoms with Gasteiger partial charge in [-0.1, -0.05) is 72.8 Å². The maximum Gasteiger partial charge on any atom is 0.229 e. The van der Waals surface area contributed by atoms with Crippen LogP contribution in [0.5, 0.6) is 5.88 Å². The van der Waals surface area contributed by atoms with Gasteiger partial charge in [-0.25, -0.2) is 4.68 Å². The van der Waals surface area contributed by atoms with Crippen molar-refractivity contribution in [3.05, 3.63) is 113 Å². The second kappa shape index (κ2) is 10.1. The number of fused-ring (bicyclic) bond motifs is 1. The number of aromatic nitrogens is 2. The molecule has 6 nitrogen and oxygen atoms in total. The lowest BCUT2D eigenvalue weighted by molar-refractivity contribution is 0.318. The minimum Gasteiger partial charge on any atom is -0.422 e. The van der Waals surface area contributed by atoms with E-state index in [0.717, 1.165) is 33.6 Å². The highest BCUT2D eigenvalue weighted by Crippen LogP contribution is 2.44. The molecule has 0 saturated carbocycles. The molecule has 0 radical (unpaired) electrons. The summed E-state index contributed by atoms with van der Waals surface area (Å²) < 4.78 is 7.67. The fourth-order valence-electron chi connectivity index (χ4n) is 4.09. The van der Waals surface area contributed by atoms with Gasteiger partial charge in [-0.2, -0.15) is 10.4 Å². The Morgan fingerprint density at radius 3 is 2.12 bits per heavy atom. The number of benzene rings is 3. The summed E-state index contributed by atoms with van der Waals surface area (Å²) in [6, 6.07) is 30.5. The molecule has 1 atom stereocenters. The molecule has 1 aromatic heterocycles. The number of aliphatic hydroxyl groups excluding tert-OH is 1. The largest absolute Gasteiger partial charge is 0.422 e. The van der Waals surface area contributed by atoms with Crippen LogP contribution in [0.25, 0.3) is 16.8 Å². The lowest BCUT2D eigenvalue weighted by Crippen LogP contribution is -2.22. The lowest BCUT2D eigenvalue weighted by atomic mass is 9.83. The zero-order chi connectivity index (χ0) is 24.1. The normalized spacial score (nSPS) is 14.4. The Morgan fingerprint density at radius 2 is 1.53 bits per heavy atom. The SMILES string of the molecule is CCO.Cc1nn(-c2ccccc2)c2c1C(c1ccc(-c3ccccc3)cc1)C(C#N)=C(N)O2. The Hall–Kier alpha value is -4.34. The molecule has 1 aliphatic heterocycles. The third-order valence-corrected chi connectivity index (χ3v) is 5.58. The summed E-state index contributed by atoms with van der Waals surface area (Å²) in [4.78, 5) is 0. The van der Waals surface area contributed by atoms with E-state index in [2.05, 4.69) is 30.3 Å². The van der Waals surface area contributed by atoms with Crippen LogP contribution in [0.4, 0.5) is 0 Å². The third-order valence-electron chi connectivity index (χ3n) is 5.58. The molecule has 1 aliphatic rings. The fourth-order valence-corrected chi connectivity index (χ4v) is 4.09. The van der Waals surface area contributed by atoms with E-state index in [1.807, 2.05) is 67.6 Å². The quantitative estimate of drug-likeness (QED) is 0.454. The van der Waals surface area contributed by atoms with E-state index in [-0.39, 0.29) is 18.4 Å². The highest BCUT2D eigenvalue weighted by atomic mass is 16.5. The average Bonchev–Trinajstić information content (AvgIpc) is 3.20. The van der Waals surface area contributed by atoms with Crippen molar-refractivity contribution in [2.45, 2.75) is 19.8 Å². The predicted molar refractivity (Wildman–Crippen MR) is 132 cm³/mol. The molecular weight excluding hydrogens is 424 g/mol. The maximum absolute atomic E-state index is 9.87. The van der Waals surface area contributed by atoms with Crippen LogP contribution in [0.2, 0.25) is 0 Å². The molecule has 0 amide bonds. The van der Waals surface area contributed by atoms with Crippen molar-refractivity contribution >= 4 is 0 Å². The summed E-state index contributed by atoms with van der Waals surface area (Å²) in [5.74, 6) is 0.331. The van der Waals surface area contributed by atoms with E-state index < -0.39 is 0 Å². The number of aliphatic hydroxyl groups is 1. The fraction of sp³-hybridized carbons (Fsp3) is 0.143. The molecule has 0 saturated heterocycles. The van der Waals surface area contributed by atoms with E-state index in [0.29, 0.717) is 11.5 Å². The van der Waals surface area contributed by atoms with Crippen LogP contribution >= 0.6 is 0 Å². The number of nitrogens with two attached hydrogens (primary N) is 1. The van der Waals surface area contributed by atoms with Gasteiger partial charge in [0, 0.05) is 6.61 Å². The number of ether oxygens (including phenoxy) is 1. The predicted octanol–water partition coefficient (Wildman–Crippen LogP) is 5.06. The number of aryl methyl sites for hydroxylation is 1. The monoisotopic (exact) mass is 450 g/mol. The number of hydrogen-bond donors (Lipinski definition) is 2. The van der Waals surface area contributed by atoms with Gasteiger partial charge >= 0.3 is 0 Å². The zero-order valence-corrected chi connectivity index (χ0v) is 19.1. The summed E-state index contributed by atoms with van der Waals surface area (Å²) in [6.45, 7) is 3.86. The Kier molecular flexibility index (Phi) is 6.77. The van der Waals surface area contributed by atoms with Gasteiger partial charge in [-0.15, -0.1) is 0 Å². The molecule has 3 N–H and O–H groups in total. The summed E-state index contributed by atoms with van der Waals surface area (Å²) >= 11 is 0. The van der Waals surface area contributed by atoms with Crippen molar-refractivity contribution < 1.29 is 9.84 Å². The Morgan fingerprint density at radius 1 is 0.971 bits per heavy atom. The molecule has 0 spiro atoms. The van der Waals surface area contributed by atoms with E-state index in [4.69, 9.17) is 20.7 Å². The van der Waals surface area contributed by atoms with Crippen LogP contribution in [0, 0.1) is 18.3 Å². The second-order valence-electron chi connectivity index (χ2n) is 7.78. The average molecular weight is 451 g/mol. The number of para-hydroxylation sites is 1. The van der Waals surface area contributed by atoms with Crippen molar-refractivity contribution in [3.63, 3.8) is 0 Å². The van der Waals surface area contributed by atoms with Crippen LogP contribution in [0.3, 0.4) is 0 Å². The molecule has 1 unspecified atom stereocenters. The second-order valence-corrected chi connectivity index (χ2v) is 7.78. The first-order valence-corrected chi connectivity index (χ1v) is 11.1. The van der Waals surface area contributed by atoms with Crippen LogP contribution in [0.1, 0.15) is 29.7 Å². The lowest BCUT2D eigenvalue weighted by Gasteiger charge is -2.25. The smallest absolute Gasteiger partial charge is 0.229 e. The van der Waals surface area contributed by atoms with Gasteiger partial charge in [-0.3, -0.25) is 0 Å². The van der Waals surface area contributed by atoms with Crippen LogP contribution in [0.15, 0.2) is 96.4 Å². The standard InChI is InChI=1S/C26H20N4O.C2H6O/c1-17-23-24(20-14-12-19(13-15-20)18-8-4-2-5-9-18)22(16-27)25(28)31-26(23)30(29-17)21-10-6-3-7-11-21;1-2-3/h2-15,24H,28H2,1H3;3H,2H2,1H3. The molecule has 5 rings (SSSR count). The minimum atomic E-state index is -0.337. The third kappa shape index (κ3) is 4.29. The number of allylic oxidation sites excluding steroid dienone is 1. The molecule has 6 heteroatoms. The van der Waals surface area contributed by atoms with E-state index in [1.165, 1.54) is 0 Å². The van der Waals surface area contributed by atoms with E-state index in [1.54, 1.807) is 11.6 Å². The van der Waals surface area contributed by atoms with Crippen molar-refractivity contribution in [3.8, 4) is 28.8 Å². The van der Waals surface area contributed by atoms with Crippen molar-refractivity contribution in [1.29, 1.82) is 5.26 Å². The molecule has 2 heterocycles. The highest BCUT2D eigenvalue weighted by molar-refractivity contribution is 5.65. The van der Waals surface area contributed by atoms with Crippen LogP contribution < -0.4 is 10.5 Å². The van der Waals surface area contributed by atoms with Crippen LogP contribution in [-0.4, -0.2) is 21.5 Å². The molecule has 0 bridgehead atoms. The molecule has 3 aromatic carbocycles. The van der Waals surface area contributed by atoms with E-state index in [9.17, 15) is 5.26 Å². The Labute approximate surface area is 199 Å². The Balaban J connectivity index is 0.000000868. The summed E-state index contributed by atoms with van der Waals surface area (Å²) in [5, 5.41) is 22.1. The van der Waals surface area contributed by atoms with Crippen molar-refractivity contribution in [1.82, 2.24) is 9.78 Å². The van der Waals surface area contributed by atoms with Gasteiger partial charge in [0.25, 0.3) is 0 Å². The first-order chi connectivity index (χ1) is 16.6. The van der Waals surface area contributed by atoms with Gasteiger partial charge in [-0.05, 0) is 42.7 Å². The molecular formula is C28H26N4O2. The van der Waals surface area contributed by atoms with Crippen molar-refractivity contribution in [2.75, 3.05) is 6.61 Å². The maximum atomic E-state index is 9.87. The minimum absolute atomic E-state index is 0.115. The molecule has 0 aliphatic carbocycles.